The van der Waals surface area contributed by atoms with Crippen molar-refractivity contribution in [3.63, 3.8) is 0 Å². The van der Waals surface area contributed by atoms with Crippen molar-refractivity contribution in [2.24, 2.45) is 5.92 Å². The molecule has 1 N–H and O–H groups in total. The van der Waals surface area contributed by atoms with Crippen molar-refractivity contribution in [3.05, 3.63) is 0 Å². The van der Waals surface area contributed by atoms with Gasteiger partial charge in [0, 0.05) is 12.6 Å². The summed E-state index contributed by atoms with van der Waals surface area (Å²) in [6.45, 7) is 4.06. The summed E-state index contributed by atoms with van der Waals surface area (Å²) in [5.41, 5.74) is -0.458. The molecule has 0 saturated heterocycles. The molecular formula is C16H30N2O2. The highest BCUT2D eigenvalue weighted by Gasteiger charge is 2.44. The summed E-state index contributed by atoms with van der Waals surface area (Å²) in [5.74, 6) is 0.801. The lowest BCUT2D eigenvalue weighted by molar-refractivity contribution is -0.151. The van der Waals surface area contributed by atoms with E-state index in [-0.39, 0.29) is 5.97 Å². The van der Waals surface area contributed by atoms with Gasteiger partial charge in [0.1, 0.15) is 5.54 Å². The fraction of sp³-hybridized carbons (Fsp3) is 0.938. The quantitative estimate of drug-likeness (QED) is 0.758. The second-order valence-electron chi connectivity index (χ2n) is 6.59. The fourth-order valence-electron chi connectivity index (χ4n) is 3.81. The van der Waals surface area contributed by atoms with Crippen LogP contribution in [-0.4, -0.2) is 49.7 Å². The summed E-state index contributed by atoms with van der Waals surface area (Å²) in [6, 6.07) is 0.502. The Morgan fingerprint density at radius 2 is 2.10 bits per heavy atom. The first-order valence-electron chi connectivity index (χ1n) is 8.15. The third-order valence-corrected chi connectivity index (χ3v) is 5.21. The van der Waals surface area contributed by atoms with Crippen LogP contribution in [0.4, 0.5) is 0 Å². The Labute approximate surface area is 123 Å². The van der Waals surface area contributed by atoms with Crippen LogP contribution in [0.25, 0.3) is 0 Å². The number of ether oxygens (including phenoxy) is 1. The van der Waals surface area contributed by atoms with Gasteiger partial charge < -0.3 is 15.0 Å². The molecule has 0 heterocycles. The van der Waals surface area contributed by atoms with Gasteiger partial charge in [0.05, 0.1) is 7.11 Å². The van der Waals surface area contributed by atoms with E-state index in [9.17, 15) is 4.79 Å². The standard InChI is InChI=1S/C16H30N2O2/c1-4-17-16(15(19)20-3)10-6-9-14(11-16)18(2)12-13-7-5-8-13/h13-14,17H,4-12H2,1-3H3. The number of hydrogen-bond donors (Lipinski definition) is 1. The zero-order valence-electron chi connectivity index (χ0n) is 13.3. The summed E-state index contributed by atoms with van der Waals surface area (Å²) < 4.78 is 5.07. The molecule has 0 spiro atoms. The van der Waals surface area contributed by atoms with Crippen LogP contribution < -0.4 is 5.32 Å². The molecule has 4 nitrogen and oxygen atoms in total. The Hall–Kier alpha value is -0.610. The first kappa shape index (κ1) is 15.8. The van der Waals surface area contributed by atoms with Crippen LogP contribution in [0.2, 0.25) is 0 Å². The third kappa shape index (κ3) is 3.34. The van der Waals surface area contributed by atoms with Crippen molar-refractivity contribution in [2.75, 3.05) is 27.2 Å². The Morgan fingerprint density at radius 1 is 1.35 bits per heavy atom. The Bertz CT molecular complexity index is 326. The van der Waals surface area contributed by atoms with E-state index < -0.39 is 5.54 Å². The van der Waals surface area contributed by atoms with Gasteiger partial charge >= 0.3 is 5.97 Å². The molecule has 0 aromatic heterocycles. The molecule has 0 radical (unpaired) electrons. The SMILES string of the molecule is CCNC1(C(=O)OC)CCCC(N(C)CC2CCC2)C1. The molecular weight excluding hydrogens is 252 g/mol. The zero-order valence-corrected chi connectivity index (χ0v) is 13.3. The second-order valence-corrected chi connectivity index (χ2v) is 6.59. The van der Waals surface area contributed by atoms with Crippen LogP contribution >= 0.6 is 0 Å². The monoisotopic (exact) mass is 282 g/mol. The summed E-state index contributed by atoms with van der Waals surface area (Å²) in [5, 5.41) is 3.41. The minimum atomic E-state index is -0.458. The summed E-state index contributed by atoms with van der Waals surface area (Å²) in [6.07, 6.45) is 8.25. The summed E-state index contributed by atoms with van der Waals surface area (Å²) in [7, 11) is 3.73. The number of methoxy groups -OCH3 is 1. The molecule has 4 heteroatoms. The van der Waals surface area contributed by atoms with E-state index in [1.807, 2.05) is 0 Å². The predicted molar refractivity (Wildman–Crippen MR) is 80.7 cm³/mol. The van der Waals surface area contributed by atoms with E-state index in [0.29, 0.717) is 6.04 Å². The smallest absolute Gasteiger partial charge is 0.326 e. The lowest BCUT2D eigenvalue weighted by Gasteiger charge is -2.43. The van der Waals surface area contributed by atoms with Crippen molar-refractivity contribution in [2.45, 2.75) is 63.5 Å². The zero-order chi connectivity index (χ0) is 14.6. The molecule has 0 amide bonds. The molecule has 20 heavy (non-hydrogen) atoms. The molecule has 2 unspecified atom stereocenters. The molecule has 2 rings (SSSR count). The first-order chi connectivity index (χ1) is 9.61. The first-order valence-corrected chi connectivity index (χ1v) is 8.15. The average Bonchev–Trinajstić information content (AvgIpc) is 2.42. The van der Waals surface area contributed by atoms with Crippen molar-refractivity contribution >= 4 is 5.97 Å². The molecule has 2 aliphatic rings. The van der Waals surface area contributed by atoms with Crippen LogP contribution in [0.1, 0.15) is 51.9 Å². The minimum absolute atomic E-state index is 0.0823. The third-order valence-electron chi connectivity index (χ3n) is 5.21. The van der Waals surface area contributed by atoms with E-state index in [4.69, 9.17) is 4.74 Å². The number of carbonyl (C=O) groups is 1. The molecule has 2 fully saturated rings. The van der Waals surface area contributed by atoms with Crippen molar-refractivity contribution in [1.29, 1.82) is 0 Å². The highest BCUT2D eigenvalue weighted by atomic mass is 16.5. The summed E-state index contributed by atoms with van der Waals surface area (Å²) in [4.78, 5) is 14.7. The van der Waals surface area contributed by atoms with Crippen LogP contribution in [0.5, 0.6) is 0 Å². The Kier molecular flexibility index (Phi) is 5.44. The van der Waals surface area contributed by atoms with Crippen molar-refractivity contribution in [3.8, 4) is 0 Å². The number of hydrogen-bond acceptors (Lipinski definition) is 4. The normalized spacial score (nSPS) is 31.1. The average molecular weight is 282 g/mol. The molecule has 2 saturated carbocycles. The van der Waals surface area contributed by atoms with Gasteiger partial charge in [0.2, 0.25) is 0 Å². The minimum Gasteiger partial charge on any atom is -0.468 e. The van der Waals surface area contributed by atoms with E-state index in [0.717, 1.165) is 31.7 Å². The molecule has 116 valence electrons. The van der Waals surface area contributed by atoms with Crippen molar-refractivity contribution in [1.82, 2.24) is 10.2 Å². The van der Waals surface area contributed by atoms with Crippen LogP contribution in [0, 0.1) is 5.92 Å². The molecule has 0 aromatic rings. The van der Waals surface area contributed by atoms with E-state index in [1.165, 1.54) is 39.3 Å². The van der Waals surface area contributed by atoms with E-state index in [1.54, 1.807) is 0 Å². The predicted octanol–water partition coefficient (Wildman–Crippen LogP) is 2.18. The summed E-state index contributed by atoms with van der Waals surface area (Å²) >= 11 is 0. The maximum atomic E-state index is 12.2. The van der Waals surface area contributed by atoms with Gasteiger partial charge in [-0.3, -0.25) is 4.79 Å². The van der Waals surface area contributed by atoms with Crippen LogP contribution in [0.3, 0.4) is 0 Å². The lowest BCUT2D eigenvalue weighted by atomic mass is 9.77. The molecule has 0 aliphatic heterocycles. The van der Waals surface area contributed by atoms with Gasteiger partial charge in [-0.1, -0.05) is 13.3 Å². The number of nitrogens with one attached hydrogen (secondary N) is 1. The molecule has 0 bridgehead atoms. The number of likely N-dealkylation sites (N-methyl/N-ethyl adjacent to an activating group) is 1. The molecule has 2 aliphatic carbocycles. The lowest BCUT2D eigenvalue weighted by Crippen LogP contribution is -2.58. The van der Waals surface area contributed by atoms with Gasteiger partial charge in [-0.15, -0.1) is 0 Å². The fourth-order valence-corrected chi connectivity index (χ4v) is 3.81. The molecule has 0 aromatic carbocycles. The Balaban J connectivity index is 1.98. The van der Waals surface area contributed by atoms with Gasteiger partial charge in [-0.25, -0.2) is 0 Å². The van der Waals surface area contributed by atoms with E-state index in [2.05, 4.69) is 24.2 Å². The highest BCUT2D eigenvalue weighted by molar-refractivity contribution is 5.81. The highest BCUT2D eigenvalue weighted by Crippen LogP contribution is 2.34. The van der Waals surface area contributed by atoms with Crippen LogP contribution in [-0.2, 0) is 9.53 Å². The van der Waals surface area contributed by atoms with Gasteiger partial charge in [-0.2, -0.15) is 0 Å². The maximum Gasteiger partial charge on any atom is 0.326 e. The van der Waals surface area contributed by atoms with Gasteiger partial charge in [0.15, 0.2) is 0 Å². The number of nitrogens with zero attached hydrogens (tertiary/aromatic N) is 1. The Morgan fingerprint density at radius 3 is 2.65 bits per heavy atom. The maximum absolute atomic E-state index is 12.2. The van der Waals surface area contributed by atoms with E-state index >= 15 is 0 Å². The second kappa shape index (κ2) is 6.90. The van der Waals surface area contributed by atoms with Gasteiger partial charge in [-0.05, 0) is 58.0 Å². The number of rotatable bonds is 6. The molecule has 2 atom stereocenters. The van der Waals surface area contributed by atoms with Gasteiger partial charge in [0.25, 0.3) is 0 Å². The largest absolute Gasteiger partial charge is 0.468 e. The number of esters is 1. The van der Waals surface area contributed by atoms with Crippen LogP contribution in [0.15, 0.2) is 0 Å². The topological polar surface area (TPSA) is 41.6 Å². The van der Waals surface area contributed by atoms with Crippen molar-refractivity contribution < 1.29 is 9.53 Å². The number of carbonyl (C=O) groups excluding carboxylic acids is 1.